The fraction of sp³-hybridized carbons (Fsp3) is 0.500. The smallest absolute Gasteiger partial charge is 0.123 e. The van der Waals surface area contributed by atoms with Gasteiger partial charge in [-0.15, -0.1) is 0 Å². The van der Waals surface area contributed by atoms with Crippen molar-refractivity contribution in [2.75, 3.05) is 20.3 Å². The summed E-state index contributed by atoms with van der Waals surface area (Å²) in [5.41, 5.74) is 0.707. The van der Waals surface area contributed by atoms with E-state index in [1.807, 2.05) is 6.92 Å². The van der Waals surface area contributed by atoms with E-state index in [0.717, 1.165) is 0 Å². The van der Waals surface area contributed by atoms with E-state index in [0.29, 0.717) is 18.7 Å². The van der Waals surface area contributed by atoms with E-state index < -0.39 is 6.10 Å². The highest BCUT2D eigenvalue weighted by Gasteiger charge is 2.09. The molecule has 0 aliphatic rings. The molecule has 1 rings (SSSR count). The van der Waals surface area contributed by atoms with Gasteiger partial charge in [0, 0.05) is 19.7 Å². The Balaban J connectivity index is 2.40. The highest BCUT2D eigenvalue weighted by molar-refractivity contribution is 5.18. The van der Waals surface area contributed by atoms with Crippen molar-refractivity contribution in [3.05, 3.63) is 35.6 Å². The summed E-state index contributed by atoms with van der Waals surface area (Å²) in [6.45, 7) is 2.99. The molecule has 2 atom stereocenters. The van der Waals surface area contributed by atoms with Gasteiger partial charge in [-0.1, -0.05) is 12.1 Å². The van der Waals surface area contributed by atoms with Crippen LogP contribution in [0, 0.1) is 5.82 Å². The predicted molar refractivity (Wildman–Crippen MR) is 60.7 cm³/mol. The monoisotopic (exact) mass is 227 g/mol. The summed E-state index contributed by atoms with van der Waals surface area (Å²) in [5, 5.41) is 12.9. The van der Waals surface area contributed by atoms with Gasteiger partial charge in [0.2, 0.25) is 0 Å². The molecular formula is C12H18FNO2. The minimum atomic E-state index is -0.625. The Morgan fingerprint density at radius 2 is 2.00 bits per heavy atom. The standard InChI is InChI=1S/C12H18FNO2/c1-9(8-16-2)14-7-12(15)10-3-5-11(13)6-4-10/h3-6,9,12,14-15H,7-8H2,1-2H3. The second-order valence-corrected chi connectivity index (χ2v) is 3.83. The number of hydrogen-bond donors (Lipinski definition) is 2. The molecule has 1 aromatic rings. The van der Waals surface area contributed by atoms with Gasteiger partial charge in [-0.3, -0.25) is 0 Å². The molecule has 0 saturated carbocycles. The summed E-state index contributed by atoms with van der Waals surface area (Å²) in [6.07, 6.45) is -0.625. The Kier molecular flexibility index (Phi) is 5.38. The number of benzene rings is 1. The molecule has 1 aromatic carbocycles. The molecule has 0 aliphatic heterocycles. The SMILES string of the molecule is COCC(C)NCC(O)c1ccc(F)cc1. The highest BCUT2D eigenvalue weighted by atomic mass is 19.1. The molecule has 16 heavy (non-hydrogen) atoms. The van der Waals surface area contributed by atoms with Crippen LogP contribution in [0.5, 0.6) is 0 Å². The van der Waals surface area contributed by atoms with Crippen molar-refractivity contribution in [2.45, 2.75) is 19.1 Å². The summed E-state index contributed by atoms with van der Waals surface area (Å²) < 4.78 is 17.6. The molecule has 90 valence electrons. The van der Waals surface area contributed by atoms with Crippen molar-refractivity contribution in [1.29, 1.82) is 0 Å². The molecule has 3 nitrogen and oxygen atoms in total. The number of hydrogen-bond acceptors (Lipinski definition) is 3. The van der Waals surface area contributed by atoms with E-state index in [-0.39, 0.29) is 11.9 Å². The van der Waals surface area contributed by atoms with Gasteiger partial charge >= 0.3 is 0 Å². The van der Waals surface area contributed by atoms with Crippen molar-refractivity contribution in [1.82, 2.24) is 5.32 Å². The van der Waals surface area contributed by atoms with Crippen molar-refractivity contribution in [3.63, 3.8) is 0 Å². The van der Waals surface area contributed by atoms with Gasteiger partial charge in [0.15, 0.2) is 0 Å². The fourth-order valence-electron chi connectivity index (χ4n) is 1.42. The molecule has 0 radical (unpaired) electrons. The van der Waals surface area contributed by atoms with Crippen LogP contribution in [0.4, 0.5) is 4.39 Å². The molecule has 0 aromatic heterocycles. The van der Waals surface area contributed by atoms with E-state index in [1.165, 1.54) is 12.1 Å². The van der Waals surface area contributed by atoms with Gasteiger partial charge in [0.05, 0.1) is 12.7 Å². The van der Waals surface area contributed by atoms with Crippen molar-refractivity contribution >= 4 is 0 Å². The first-order valence-electron chi connectivity index (χ1n) is 5.29. The lowest BCUT2D eigenvalue weighted by Crippen LogP contribution is -2.33. The third kappa shape index (κ3) is 4.26. The van der Waals surface area contributed by atoms with Crippen LogP contribution in [0.25, 0.3) is 0 Å². The Labute approximate surface area is 95.2 Å². The second-order valence-electron chi connectivity index (χ2n) is 3.83. The molecule has 0 aliphatic carbocycles. The van der Waals surface area contributed by atoms with Crippen LogP contribution < -0.4 is 5.32 Å². The van der Waals surface area contributed by atoms with E-state index in [2.05, 4.69) is 5.32 Å². The Morgan fingerprint density at radius 3 is 2.56 bits per heavy atom. The third-order valence-corrected chi connectivity index (χ3v) is 2.33. The number of aliphatic hydroxyl groups is 1. The van der Waals surface area contributed by atoms with Gasteiger partial charge in [0.25, 0.3) is 0 Å². The van der Waals surface area contributed by atoms with Crippen molar-refractivity contribution in [2.24, 2.45) is 0 Å². The maximum atomic E-state index is 12.7. The molecule has 2 N–H and O–H groups in total. The Bertz CT molecular complexity index is 302. The van der Waals surface area contributed by atoms with Gasteiger partial charge in [-0.25, -0.2) is 4.39 Å². The zero-order valence-corrected chi connectivity index (χ0v) is 9.61. The van der Waals surface area contributed by atoms with Crippen molar-refractivity contribution < 1.29 is 14.2 Å². The molecule has 0 amide bonds. The van der Waals surface area contributed by atoms with Gasteiger partial charge in [-0.05, 0) is 24.6 Å². The number of aliphatic hydroxyl groups excluding tert-OH is 1. The van der Waals surface area contributed by atoms with Gasteiger partial charge < -0.3 is 15.2 Å². The molecule has 0 saturated heterocycles. The number of rotatable bonds is 6. The normalized spacial score (nSPS) is 14.8. The molecule has 0 fully saturated rings. The first kappa shape index (κ1) is 13.1. The summed E-state index contributed by atoms with van der Waals surface area (Å²) in [4.78, 5) is 0. The lowest BCUT2D eigenvalue weighted by atomic mass is 10.1. The lowest BCUT2D eigenvalue weighted by Gasteiger charge is -2.16. The number of methoxy groups -OCH3 is 1. The van der Waals surface area contributed by atoms with E-state index in [4.69, 9.17) is 4.74 Å². The molecule has 4 heteroatoms. The number of ether oxygens (including phenoxy) is 1. The van der Waals surface area contributed by atoms with E-state index in [9.17, 15) is 9.50 Å². The molecular weight excluding hydrogens is 209 g/mol. The number of halogens is 1. The molecule has 0 bridgehead atoms. The summed E-state index contributed by atoms with van der Waals surface area (Å²) in [5.74, 6) is -0.295. The quantitative estimate of drug-likeness (QED) is 0.773. The maximum absolute atomic E-state index is 12.7. The predicted octanol–water partition coefficient (Wildman–Crippen LogP) is 1.48. The summed E-state index contributed by atoms with van der Waals surface area (Å²) in [7, 11) is 1.63. The topological polar surface area (TPSA) is 41.5 Å². The average molecular weight is 227 g/mol. The van der Waals surface area contributed by atoms with Crippen LogP contribution in [0.2, 0.25) is 0 Å². The second kappa shape index (κ2) is 6.58. The van der Waals surface area contributed by atoms with Crippen LogP contribution >= 0.6 is 0 Å². The van der Waals surface area contributed by atoms with Gasteiger partial charge in [-0.2, -0.15) is 0 Å². The van der Waals surface area contributed by atoms with Crippen LogP contribution in [0.15, 0.2) is 24.3 Å². The lowest BCUT2D eigenvalue weighted by molar-refractivity contribution is 0.143. The Hall–Kier alpha value is -0.970. The largest absolute Gasteiger partial charge is 0.387 e. The minimum Gasteiger partial charge on any atom is -0.387 e. The zero-order chi connectivity index (χ0) is 12.0. The molecule has 0 heterocycles. The third-order valence-electron chi connectivity index (χ3n) is 2.33. The van der Waals surface area contributed by atoms with Crippen molar-refractivity contribution in [3.8, 4) is 0 Å². The minimum absolute atomic E-state index is 0.181. The summed E-state index contributed by atoms with van der Waals surface area (Å²) >= 11 is 0. The average Bonchev–Trinajstić information content (AvgIpc) is 2.27. The first-order valence-corrected chi connectivity index (χ1v) is 5.29. The maximum Gasteiger partial charge on any atom is 0.123 e. The van der Waals surface area contributed by atoms with E-state index in [1.54, 1.807) is 19.2 Å². The highest BCUT2D eigenvalue weighted by Crippen LogP contribution is 2.12. The van der Waals surface area contributed by atoms with Gasteiger partial charge in [0.1, 0.15) is 5.82 Å². The zero-order valence-electron chi connectivity index (χ0n) is 9.61. The van der Waals surface area contributed by atoms with Crippen LogP contribution in [-0.4, -0.2) is 31.4 Å². The first-order chi connectivity index (χ1) is 7.63. The number of nitrogens with one attached hydrogen (secondary N) is 1. The van der Waals surface area contributed by atoms with Crippen LogP contribution in [-0.2, 0) is 4.74 Å². The van der Waals surface area contributed by atoms with E-state index >= 15 is 0 Å². The molecule has 2 unspecified atom stereocenters. The van der Waals surface area contributed by atoms with Crippen LogP contribution in [0.1, 0.15) is 18.6 Å². The Morgan fingerprint density at radius 1 is 1.38 bits per heavy atom. The fourth-order valence-corrected chi connectivity index (χ4v) is 1.42. The molecule has 0 spiro atoms. The van der Waals surface area contributed by atoms with Crippen LogP contribution in [0.3, 0.4) is 0 Å². The summed E-state index contributed by atoms with van der Waals surface area (Å²) in [6, 6.07) is 6.04.